The van der Waals surface area contributed by atoms with Gasteiger partial charge in [0, 0.05) is 19.0 Å². The van der Waals surface area contributed by atoms with Gasteiger partial charge in [0.05, 0.1) is 26.4 Å². The number of aromatic nitrogens is 3. The first-order valence-electron chi connectivity index (χ1n) is 7.63. The van der Waals surface area contributed by atoms with Crippen LogP contribution in [0.5, 0.6) is 0 Å². The predicted octanol–water partition coefficient (Wildman–Crippen LogP) is 1.50. The van der Waals surface area contributed by atoms with Gasteiger partial charge in [-0.3, -0.25) is 0 Å². The molecule has 114 valence electrons. The third kappa shape index (κ3) is 2.60. The number of nitrogens with zero attached hydrogens (tertiary/aromatic N) is 4. The van der Waals surface area contributed by atoms with Crippen molar-refractivity contribution < 1.29 is 9.47 Å². The highest BCUT2D eigenvalue weighted by molar-refractivity contribution is 6.28. The van der Waals surface area contributed by atoms with Crippen molar-refractivity contribution in [3.63, 3.8) is 0 Å². The molecular formula is C14H19ClN4O2. The van der Waals surface area contributed by atoms with Gasteiger partial charge in [-0.2, -0.15) is 9.97 Å². The largest absolute Gasteiger partial charge is 0.381 e. The molecule has 4 rings (SSSR count). The van der Waals surface area contributed by atoms with Crippen LogP contribution >= 0.6 is 11.6 Å². The fraction of sp³-hybridized carbons (Fsp3) is 0.786. The lowest BCUT2D eigenvalue weighted by molar-refractivity contribution is 0.0299. The average molecular weight is 311 g/mol. The second-order valence-corrected chi connectivity index (χ2v) is 6.36. The summed E-state index contributed by atoms with van der Waals surface area (Å²) < 4.78 is 11.0. The van der Waals surface area contributed by atoms with Gasteiger partial charge in [0.2, 0.25) is 11.2 Å². The fourth-order valence-electron chi connectivity index (χ4n) is 3.75. The van der Waals surface area contributed by atoms with Gasteiger partial charge in [-0.15, -0.1) is 0 Å². The van der Waals surface area contributed by atoms with Crippen LogP contribution in [-0.2, 0) is 9.47 Å². The van der Waals surface area contributed by atoms with E-state index in [1.165, 1.54) is 12.8 Å². The number of halogens is 1. The summed E-state index contributed by atoms with van der Waals surface area (Å²) in [6.45, 7) is 4.66. The zero-order valence-electron chi connectivity index (χ0n) is 11.9. The van der Waals surface area contributed by atoms with Crippen molar-refractivity contribution in [3.8, 4) is 0 Å². The number of morpholine rings is 1. The van der Waals surface area contributed by atoms with E-state index in [4.69, 9.17) is 26.1 Å². The van der Waals surface area contributed by atoms with Crippen molar-refractivity contribution in [1.82, 2.24) is 15.0 Å². The Kier molecular flexibility index (Phi) is 3.69. The first kappa shape index (κ1) is 13.7. The second kappa shape index (κ2) is 5.66. The van der Waals surface area contributed by atoms with E-state index in [9.17, 15) is 0 Å². The number of ether oxygens (including phenoxy) is 2. The Balaban J connectivity index is 1.64. The zero-order chi connectivity index (χ0) is 14.2. The third-order valence-electron chi connectivity index (χ3n) is 4.79. The Morgan fingerprint density at radius 1 is 0.952 bits per heavy atom. The number of hydrogen-bond donors (Lipinski definition) is 0. The molecule has 3 fully saturated rings. The molecule has 3 heterocycles. The quantitative estimate of drug-likeness (QED) is 0.825. The molecule has 2 aliphatic heterocycles. The molecule has 6 nitrogen and oxygen atoms in total. The van der Waals surface area contributed by atoms with Crippen LogP contribution in [0.15, 0.2) is 0 Å². The molecule has 1 aromatic heterocycles. The summed E-state index contributed by atoms with van der Waals surface area (Å²) in [5.74, 6) is 2.98. The highest BCUT2D eigenvalue weighted by Gasteiger charge is 2.42. The Labute approximate surface area is 128 Å². The minimum Gasteiger partial charge on any atom is -0.381 e. The van der Waals surface area contributed by atoms with Crippen molar-refractivity contribution in [1.29, 1.82) is 0 Å². The maximum atomic E-state index is 6.15. The van der Waals surface area contributed by atoms with Gasteiger partial charge in [-0.05, 0) is 36.3 Å². The molecule has 0 amide bonds. The molecule has 0 aromatic carbocycles. The van der Waals surface area contributed by atoms with Crippen LogP contribution in [0.2, 0.25) is 5.28 Å². The monoisotopic (exact) mass is 310 g/mol. The van der Waals surface area contributed by atoms with Gasteiger partial charge >= 0.3 is 0 Å². The first-order valence-corrected chi connectivity index (χ1v) is 8.01. The van der Waals surface area contributed by atoms with E-state index < -0.39 is 0 Å². The maximum Gasteiger partial charge on any atom is 0.230 e. The number of hydrogen-bond acceptors (Lipinski definition) is 6. The smallest absolute Gasteiger partial charge is 0.230 e. The average Bonchev–Trinajstić information content (AvgIpc) is 2.77. The zero-order valence-corrected chi connectivity index (χ0v) is 12.6. The molecule has 2 saturated heterocycles. The standard InChI is InChI=1S/C14H19ClN4O2/c15-13-16-12(11-9-1-2-10(11)8-21-7-9)17-14(18-13)19-3-5-20-6-4-19/h9-11H,1-8H2. The van der Waals surface area contributed by atoms with Crippen LogP contribution < -0.4 is 4.90 Å². The Morgan fingerprint density at radius 3 is 2.38 bits per heavy atom. The second-order valence-electron chi connectivity index (χ2n) is 6.02. The molecule has 2 atom stereocenters. The number of rotatable bonds is 2. The molecule has 2 unspecified atom stereocenters. The van der Waals surface area contributed by atoms with Crippen molar-refractivity contribution in [2.45, 2.75) is 18.8 Å². The summed E-state index contributed by atoms with van der Waals surface area (Å²) in [6, 6.07) is 0. The summed E-state index contributed by atoms with van der Waals surface area (Å²) >= 11 is 6.15. The molecule has 0 N–H and O–H groups in total. The lowest BCUT2D eigenvalue weighted by atomic mass is 9.87. The van der Waals surface area contributed by atoms with Gasteiger partial charge in [-0.1, -0.05) is 0 Å². The number of anilines is 1. The van der Waals surface area contributed by atoms with E-state index >= 15 is 0 Å². The van der Waals surface area contributed by atoms with E-state index in [2.05, 4.69) is 14.9 Å². The Morgan fingerprint density at radius 2 is 1.67 bits per heavy atom. The Hall–Kier alpha value is -0.980. The molecule has 3 aliphatic rings. The highest BCUT2D eigenvalue weighted by Crippen LogP contribution is 2.46. The SMILES string of the molecule is Clc1nc(C2C3CCC2COC3)nc(N2CCOCC2)n1. The van der Waals surface area contributed by atoms with E-state index in [1.54, 1.807) is 0 Å². The van der Waals surface area contributed by atoms with Gasteiger partial charge in [0.15, 0.2) is 0 Å². The minimum absolute atomic E-state index is 0.299. The Bertz CT molecular complexity index is 508. The minimum atomic E-state index is 0.299. The molecule has 7 heteroatoms. The molecule has 0 spiro atoms. The van der Waals surface area contributed by atoms with Crippen LogP contribution in [0.25, 0.3) is 0 Å². The van der Waals surface area contributed by atoms with Crippen LogP contribution in [-0.4, -0.2) is 54.5 Å². The van der Waals surface area contributed by atoms with Crippen LogP contribution in [0, 0.1) is 11.8 Å². The number of fused-ring (bicyclic) bond motifs is 2. The maximum absolute atomic E-state index is 6.15. The van der Waals surface area contributed by atoms with Gasteiger partial charge in [-0.25, -0.2) is 4.98 Å². The molecule has 1 aromatic rings. The molecule has 0 radical (unpaired) electrons. The lowest BCUT2D eigenvalue weighted by Gasteiger charge is -2.30. The molecule has 2 bridgehead atoms. The summed E-state index contributed by atoms with van der Waals surface area (Å²) in [5.41, 5.74) is 0. The van der Waals surface area contributed by atoms with Gasteiger partial charge < -0.3 is 14.4 Å². The van der Waals surface area contributed by atoms with Crippen molar-refractivity contribution in [2.24, 2.45) is 11.8 Å². The van der Waals surface area contributed by atoms with Crippen LogP contribution in [0.3, 0.4) is 0 Å². The summed E-state index contributed by atoms with van der Waals surface area (Å²) in [7, 11) is 0. The van der Waals surface area contributed by atoms with E-state index in [-0.39, 0.29) is 0 Å². The normalized spacial score (nSPS) is 32.4. The van der Waals surface area contributed by atoms with Gasteiger partial charge in [0.25, 0.3) is 0 Å². The summed E-state index contributed by atoms with van der Waals surface area (Å²) in [6.07, 6.45) is 2.40. The van der Waals surface area contributed by atoms with Crippen molar-refractivity contribution in [2.75, 3.05) is 44.4 Å². The third-order valence-corrected chi connectivity index (χ3v) is 4.96. The van der Waals surface area contributed by atoms with Crippen molar-refractivity contribution in [3.05, 3.63) is 11.1 Å². The highest BCUT2D eigenvalue weighted by atomic mass is 35.5. The fourth-order valence-corrected chi connectivity index (χ4v) is 3.91. The van der Waals surface area contributed by atoms with E-state index in [0.717, 1.165) is 32.1 Å². The predicted molar refractivity (Wildman–Crippen MR) is 77.6 cm³/mol. The van der Waals surface area contributed by atoms with Crippen molar-refractivity contribution >= 4 is 17.5 Å². The molecular weight excluding hydrogens is 292 g/mol. The lowest BCUT2D eigenvalue weighted by Crippen LogP contribution is -2.38. The van der Waals surface area contributed by atoms with E-state index in [0.29, 0.717) is 42.2 Å². The van der Waals surface area contributed by atoms with Crippen LogP contribution in [0.1, 0.15) is 24.6 Å². The van der Waals surface area contributed by atoms with Crippen LogP contribution in [0.4, 0.5) is 5.95 Å². The molecule has 1 saturated carbocycles. The topological polar surface area (TPSA) is 60.4 Å². The first-order chi connectivity index (χ1) is 10.3. The summed E-state index contributed by atoms with van der Waals surface area (Å²) in [4.78, 5) is 15.6. The molecule has 21 heavy (non-hydrogen) atoms. The van der Waals surface area contributed by atoms with Gasteiger partial charge in [0.1, 0.15) is 5.82 Å². The summed E-state index contributed by atoms with van der Waals surface area (Å²) in [5, 5.41) is 0.299. The van der Waals surface area contributed by atoms with E-state index in [1.807, 2.05) is 0 Å². The molecule has 1 aliphatic carbocycles.